The molecule has 2 atom stereocenters. The fourth-order valence-electron chi connectivity index (χ4n) is 3.45. The lowest BCUT2D eigenvalue weighted by Crippen LogP contribution is -2.28. The molecule has 0 aromatic heterocycles. The van der Waals surface area contributed by atoms with Gasteiger partial charge in [0.25, 0.3) is 0 Å². The van der Waals surface area contributed by atoms with Crippen molar-refractivity contribution in [3.05, 3.63) is 59.7 Å². The van der Waals surface area contributed by atoms with E-state index in [2.05, 4.69) is 48.6 Å². The van der Waals surface area contributed by atoms with Gasteiger partial charge in [0, 0.05) is 17.2 Å². The zero-order chi connectivity index (χ0) is 14.2. The molecule has 2 unspecified atom stereocenters. The van der Waals surface area contributed by atoms with Crippen molar-refractivity contribution in [3.8, 4) is 11.5 Å². The van der Waals surface area contributed by atoms with E-state index in [9.17, 15) is 0 Å². The van der Waals surface area contributed by atoms with E-state index >= 15 is 0 Å². The van der Waals surface area contributed by atoms with Gasteiger partial charge in [-0.15, -0.1) is 0 Å². The monoisotopic (exact) mass is 279 g/mol. The van der Waals surface area contributed by atoms with Crippen LogP contribution in [0.2, 0.25) is 0 Å². The van der Waals surface area contributed by atoms with E-state index in [0.717, 1.165) is 17.4 Å². The number of nitrogens with one attached hydrogen (secondary N) is 1. The molecule has 1 aliphatic heterocycles. The molecule has 1 fully saturated rings. The Labute approximate surface area is 126 Å². The molecule has 0 amide bonds. The Balaban J connectivity index is 1.66. The second kappa shape index (κ2) is 5.19. The summed E-state index contributed by atoms with van der Waals surface area (Å²) in [5, 5.41) is 3.86. The summed E-state index contributed by atoms with van der Waals surface area (Å²) in [5.74, 6) is 2.83. The van der Waals surface area contributed by atoms with Crippen LogP contribution in [0.25, 0.3) is 0 Å². The fourth-order valence-corrected chi connectivity index (χ4v) is 3.45. The van der Waals surface area contributed by atoms with Crippen LogP contribution in [0.15, 0.2) is 48.5 Å². The van der Waals surface area contributed by atoms with E-state index in [1.54, 1.807) is 0 Å². The van der Waals surface area contributed by atoms with Crippen molar-refractivity contribution in [2.75, 3.05) is 0 Å². The Kier molecular flexibility index (Phi) is 3.19. The smallest absolute Gasteiger partial charge is 0.132 e. The maximum absolute atomic E-state index is 6.04. The van der Waals surface area contributed by atoms with Gasteiger partial charge in [0.05, 0.1) is 6.04 Å². The number of rotatable bonds is 4. The lowest BCUT2D eigenvalue weighted by Gasteiger charge is -2.29. The van der Waals surface area contributed by atoms with Crippen LogP contribution in [-0.4, -0.2) is 6.04 Å². The number of para-hydroxylation sites is 2. The normalized spacial score (nSPS) is 23.1. The van der Waals surface area contributed by atoms with Crippen LogP contribution in [0.1, 0.15) is 43.4 Å². The predicted octanol–water partition coefficient (Wildman–Crippen LogP) is 4.66. The Hall–Kier alpha value is -1.80. The number of ether oxygens (including phenoxy) is 1. The first-order valence-electron chi connectivity index (χ1n) is 7.98. The first-order valence-corrected chi connectivity index (χ1v) is 7.98. The van der Waals surface area contributed by atoms with Crippen molar-refractivity contribution in [1.82, 2.24) is 5.32 Å². The van der Waals surface area contributed by atoms with E-state index in [1.807, 2.05) is 12.1 Å². The van der Waals surface area contributed by atoms with Gasteiger partial charge in [-0.25, -0.2) is 0 Å². The average molecular weight is 279 g/mol. The second-order valence-corrected chi connectivity index (χ2v) is 6.17. The first kappa shape index (κ1) is 12.9. The van der Waals surface area contributed by atoms with Crippen LogP contribution >= 0.6 is 0 Å². The van der Waals surface area contributed by atoms with Crippen molar-refractivity contribution in [3.63, 3.8) is 0 Å². The third kappa shape index (κ3) is 2.34. The number of benzene rings is 2. The molecule has 21 heavy (non-hydrogen) atoms. The minimum atomic E-state index is 0.262. The van der Waals surface area contributed by atoms with Crippen molar-refractivity contribution in [2.45, 2.75) is 38.3 Å². The van der Waals surface area contributed by atoms with Crippen LogP contribution in [-0.2, 0) is 0 Å². The van der Waals surface area contributed by atoms with E-state index in [1.165, 1.54) is 30.4 Å². The molecule has 0 radical (unpaired) electrons. The molecule has 0 spiro atoms. The SMILES string of the molecule is CCCC1CC1NC1c2ccccc2Oc2ccccc21. The highest BCUT2D eigenvalue weighted by atomic mass is 16.5. The van der Waals surface area contributed by atoms with Crippen molar-refractivity contribution < 1.29 is 4.74 Å². The number of hydrogen-bond acceptors (Lipinski definition) is 2. The van der Waals surface area contributed by atoms with Crippen LogP contribution in [0, 0.1) is 5.92 Å². The standard InChI is InChI=1S/C19H21NO/c1-2-7-13-12-16(13)20-19-14-8-3-5-10-17(14)21-18-11-6-4-9-15(18)19/h3-6,8-11,13,16,19-20H,2,7,12H2,1H3. The highest BCUT2D eigenvalue weighted by Crippen LogP contribution is 2.45. The molecule has 1 saturated carbocycles. The molecule has 1 heterocycles. The second-order valence-electron chi connectivity index (χ2n) is 6.17. The van der Waals surface area contributed by atoms with E-state index in [-0.39, 0.29) is 6.04 Å². The molecular weight excluding hydrogens is 258 g/mol. The molecule has 2 aliphatic rings. The summed E-state index contributed by atoms with van der Waals surface area (Å²) in [5.41, 5.74) is 2.52. The maximum Gasteiger partial charge on any atom is 0.132 e. The van der Waals surface area contributed by atoms with Gasteiger partial charge in [-0.1, -0.05) is 49.7 Å². The van der Waals surface area contributed by atoms with Crippen LogP contribution in [0.5, 0.6) is 11.5 Å². The summed E-state index contributed by atoms with van der Waals surface area (Å²) in [7, 11) is 0. The molecule has 4 rings (SSSR count). The van der Waals surface area contributed by atoms with Crippen LogP contribution in [0.4, 0.5) is 0 Å². The lowest BCUT2D eigenvalue weighted by atomic mass is 9.94. The minimum Gasteiger partial charge on any atom is -0.457 e. The zero-order valence-electron chi connectivity index (χ0n) is 12.4. The quantitative estimate of drug-likeness (QED) is 0.879. The summed E-state index contributed by atoms with van der Waals surface area (Å²) < 4.78 is 6.04. The van der Waals surface area contributed by atoms with Crippen molar-refractivity contribution in [1.29, 1.82) is 0 Å². The molecule has 2 heteroatoms. The average Bonchev–Trinajstić information content (AvgIpc) is 3.25. The van der Waals surface area contributed by atoms with Crippen LogP contribution < -0.4 is 10.1 Å². The molecular formula is C19H21NO. The van der Waals surface area contributed by atoms with Gasteiger partial charge in [-0.2, -0.15) is 0 Å². The maximum atomic E-state index is 6.04. The molecule has 2 nitrogen and oxygen atoms in total. The third-order valence-electron chi connectivity index (χ3n) is 4.64. The highest BCUT2D eigenvalue weighted by molar-refractivity contribution is 5.53. The highest BCUT2D eigenvalue weighted by Gasteiger charge is 2.39. The molecule has 1 aliphatic carbocycles. The molecule has 0 bridgehead atoms. The van der Waals surface area contributed by atoms with Gasteiger partial charge in [0.2, 0.25) is 0 Å². The largest absolute Gasteiger partial charge is 0.457 e. The summed E-state index contributed by atoms with van der Waals surface area (Å²) in [6.07, 6.45) is 3.93. The number of fused-ring (bicyclic) bond motifs is 2. The Morgan fingerprint density at radius 2 is 1.62 bits per heavy atom. The van der Waals surface area contributed by atoms with E-state index in [0.29, 0.717) is 6.04 Å². The van der Waals surface area contributed by atoms with Gasteiger partial charge >= 0.3 is 0 Å². The van der Waals surface area contributed by atoms with Gasteiger partial charge < -0.3 is 10.1 Å². The van der Waals surface area contributed by atoms with Crippen molar-refractivity contribution >= 4 is 0 Å². The lowest BCUT2D eigenvalue weighted by molar-refractivity contribution is 0.423. The van der Waals surface area contributed by atoms with Gasteiger partial charge in [0.1, 0.15) is 11.5 Å². The van der Waals surface area contributed by atoms with Crippen molar-refractivity contribution in [2.24, 2.45) is 5.92 Å². The molecule has 2 aromatic rings. The summed E-state index contributed by atoms with van der Waals surface area (Å²) >= 11 is 0. The molecule has 2 aromatic carbocycles. The zero-order valence-corrected chi connectivity index (χ0v) is 12.4. The Morgan fingerprint density at radius 3 is 2.24 bits per heavy atom. The topological polar surface area (TPSA) is 21.3 Å². The third-order valence-corrected chi connectivity index (χ3v) is 4.64. The van der Waals surface area contributed by atoms with Gasteiger partial charge in [-0.3, -0.25) is 0 Å². The molecule has 108 valence electrons. The van der Waals surface area contributed by atoms with E-state index in [4.69, 9.17) is 4.74 Å². The molecule has 0 saturated heterocycles. The summed E-state index contributed by atoms with van der Waals surface area (Å²) in [4.78, 5) is 0. The Morgan fingerprint density at radius 1 is 1.00 bits per heavy atom. The van der Waals surface area contributed by atoms with Gasteiger partial charge in [-0.05, 0) is 30.9 Å². The fraction of sp³-hybridized carbons (Fsp3) is 0.368. The summed E-state index contributed by atoms with van der Waals surface area (Å²) in [6.45, 7) is 2.27. The van der Waals surface area contributed by atoms with E-state index < -0.39 is 0 Å². The first-order chi connectivity index (χ1) is 10.4. The predicted molar refractivity (Wildman–Crippen MR) is 84.7 cm³/mol. The molecule has 1 N–H and O–H groups in total. The summed E-state index contributed by atoms with van der Waals surface area (Å²) in [6, 6.07) is 17.7. The van der Waals surface area contributed by atoms with Crippen LogP contribution in [0.3, 0.4) is 0 Å². The Bertz CT molecular complexity index is 606. The number of hydrogen-bond donors (Lipinski definition) is 1. The van der Waals surface area contributed by atoms with Gasteiger partial charge in [0.15, 0.2) is 0 Å². The minimum absolute atomic E-state index is 0.262.